The van der Waals surface area contributed by atoms with Crippen LogP contribution in [0.3, 0.4) is 0 Å². The number of hydrogen-bond donors (Lipinski definition) is 1. The van der Waals surface area contributed by atoms with Crippen LogP contribution < -0.4 is 5.32 Å². The molecule has 0 radical (unpaired) electrons. The molecule has 3 aromatic rings. The highest BCUT2D eigenvalue weighted by Crippen LogP contribution is 2.39. The van der Waals surface area contributed by atoms with Crippen molar-refractivity contribution >= 4 is 51.3 Å². The topological polar surface area (TPSA) is 86.1 Å². The van der Waals surface area contributed by atoms with Gasteiger partial charge in [0.25, 0.3) is 0 Å². The number of nitrogens with zero attached hydrogens (tertiary/aromatic N) is 3. The van der Waals surface area contributed by atoms with Crippen molar-refractivity contribution in [1.29, 1.82) is 0 Å². The van der Waals surface area contributed by atoms with E-state index in [2.05, 4.69) is 27.0 Å². The molecule has 0 fully saturated rings. The fourth-order valence-electron chi connectivity index (χ4n) is 3.61. The number of thioether (sulfide) groups is 1. The van der Waals surface area contributed by atoms with Crippen molar-refractivity contribution in [2.24, 2.45) is 0 Å². The number of carbonyl (C=O) groups excluding carboxylic acids is 2. The number of fused-ring (bicyclic) bond motifs is 1. The minimum atomic E-state index is -0.354. The minimum Gasteiger partial charge on any atom is -0.462 e. The molecule has 1 N–H and O–H groups in total. The maximum Gasteiger partial charge on any atom is 0.341 e. The molecular weight excluding hydrogens is 452 g/mol. The average Bonchev–Trinajstić information content (AvgIpc) is 3.51. The fraction of sp³-hybridized carbons (Fsp3) is 0.429. The standard InChI is InChI=1S/C21H24N4O3S3/c1-3-10-25-18(15-9-6-11-29-15)23-24-21(25)30-12-16(26)22-19-17(20(27)28-4-2)13-7-5-8-14(13)31-19/h6,9,11H,3-5,7-8,10,12H2,1-2H3,(H,22,26). The van der Waals surface area contributed by atoms with E-state index in [1.807, 2.05) is 17.5 Å². The lowest BCUT2D eigenvalue weighted by Gasteiger charge is -2.09. The molecule has 0 atom stereocenters. The maximum absolute atomic E-state index is 12.7. The molecule has 0 saturated heterocycles. The zero-order valence-corrected chi connectivity index (χ0v) is 19.9. The number of aryl methyl sites for hydroxylation is 1. The molecule has 164 valence electrons. The number of nitrogens with one attached hydrogen (secondary N) is 1. The Balaban J connectivity index is 1.47. The average molecular weight is 477 g/mol. The number of ether oxygens (including phenoxy) is 1. The van der Waals surface area contributed by atoms with Gasteiger partial charge in [-0.2, -0.15) is 0 Å². The monoisotopic (exact) mass is 476 g/mol. The smallest absolute Gasteiger partial charge is 0.341 e. The first-order valence-corrected chi connectivity index (χ1v) is 13.0. The summed E-state index contributed by atoms with van der Waals surface area (Å²) in [6.07, 6.45) is 3.79. The maximum atomic E-state index is 12.7. The molecule has 10 heteroatoms. The van der Waals surface area contributed by atoms with E-state index in [-0.39, 0.29) is 17.6 Å². The summed E-state index contributed by atoms with van der Waals surface area (Å²) in [7, 11) is 0. The Morgan fingerprint density at radius 1 is 1.29 bits per heavy atom. The summed E-state index contributed by atoms with van der Waals surface area (Å²) in [6.45, 7) is 4.99. The van der Waals surface area contributed by atoms with Crippen LogP contribution in [0.5, 0.6) is 0 Å². The van der Waals surface area contributed by atoms with Crippen LogP contribution in [0.1, 0.15) is 47.5 Å². The van der Waals surface area contributed by atoms with Gasteiger partial charge in [0.15, 0.2) is 11.0 Å². The van der Waals surface area contributed by atoms with Crippen LogP contribution in [0.2, 0.25) is 0 Å². The van der Waals surface area contributed by atoms with Gasteiger partial charge in [0, 0.05) is 11.4 Å². The van der Waals surface area contributed by atoms with Crippen molar-refractivity contribution in [3.8, 4) is 10.7 Å². The predicted octanol–water partition coefficient (Wildman–Crippen LogP) is 4.87. The predicted molar refractivity (Wildman–Crippen MR) is 125 cm³/mol. The quantitative estimate of drug-likeness (QED) is 0.350. The summed E-state index contributed by atoms with van der Waals surface area (Å²) < 4.78 is 7.30. The van der Waals surface area contributed by atoms with E-state index >= 15 is 0 Å². The molecule has 0 spiro atoms. The van der Waals surface area contributed by atoms with Crippen LogP contribution in [0.4, 0.5) is 5.00 Å². The van der Waals surface area contributed by atoms with E-state index in [9.17, 15) is 9.59 Å². The van der Waals surface area contributed by atoms with Gasteiger partial charge < -0.3 is 14.6 Å². The second kappa shape index (κ2) is 9.97. The van der Waals surface area contributed by atoms with Crippen LogP contribution in [0.25, 0.3) is 10.7 Å². The van der Waals surface area contributed by atoms with Gasteiger partial charge in [0.2, 0.25) is 5.91 Å². The molecule has 31 heavy (non-hydrogen) atoms. The highest BCUT2D eigenvalue weighted by Gasteiger charge is 2.28. The van der Waals surface area contributed by atoms with Gasteiger partial charge in [0.1, 0.15) is 5.00 Å². The van der Waals surface area contributed by atoms with Gasteiger partial charge in [-0.15, -0.1) is 32.9 Å². The van der Waals surface area contributed by atoms with Gasteiger partial charge in [0.05, 0.1) is 22.8 Å². The highest BCUT2D eigenvalue weighted by molar-refractivity contribution is 7.99. The summed E-state index contributed by atoms with van der Waals surface area (Å²) in [5.74, 6) is 0.503. The van der Waals surface area contributed by atoms with E-state index in [0.29, 0.717) is 17.2 Å². The van der Waals surface area contributed by atoms with Gasteiger partial charge in [-0.1, -0.05) is 24.8 Å². The summed E-state index contributed by atoms with van der Waals surface area (Å²) in [5.41, 5.74) is 1.57. The Bertz CT molecular complexity index is 1070. The number of hydrogen-bond acceptors (Lipinski definition) is 8. The van der Waals surface area contributed by atoms with Crippen molar-refractivity contribution in [2.75, 3.05) is 17.7 Å². The summed E-state index contributed by atoms with van der Waals surface area (Å²) >= 11 is 4.47. The Hall–Kier alpha value is -2.17. The molecule has 4 rings (SSSR count). The Labute approximate surface area is 193 Å². The molecule has 7 nitrogen and oxygen atoms in total. The molecule has 0 bridgehead atoms. The van der Waals surface area contributed by atoms with Crippen molar-refractivity contribution in [3.63, 3.8) is 0 Å². The number of carbonyl (C=O) groups is 2. The van der Waals surface area contributed by atoms with E-state index in [1.165, 1.54) is 28.0 Å². The Kier molecular flexibility index (Phi) is 7.09. The zero-order valence-electron chi connectivity index (χ0n) is 17.5. The molecule has 0 unspecified atom stereocenters. The van der Waals surface area contributed by atoms with Crippen LogP contribution in [-0.4, -0.2) is 39.0 Å². The van der Waals surface area contributed by atoms with E-state index < -0.39 is 0 Å². The van der Waals surface area contributed by atoms with Crippen molar-refractivity contribution < 1.29 is 14.3 Å². The lowest BCUT2D eigenvalue weighted by Crippen LogP contribution is -2.17. The summed E-state index contributed by atoms with van der Waals surface area (Å²) in [6, 6.07) is 4.01. The van der Waals surface area contributed by atoms with Crippen LogP contribution in [0, 0.1) is 0 Å². The highest BCUT2D eigenvalue weighted by atomic mass is 32.2. The van der Waals surface area contributed by atoms with E-state index in [4.69, 9.17) is 4.74 Å². The summed E-state index contributed by atoms with van der Waals surface area (Å²) in [5, 5.41) is 14.9. The second-order valence-corrected chi connectivity index (χ2v) is 10.0. The molecule has 3 aromatic heterocycles. The molecule has 1 amide bonds. The molecule has 3 heterocycles. The third kappa shape index (κ3) is 4.70. The van der Waals surface area contributed by atoms with Gasteiger partial charge in [-0.3, -0.25) is 4.79 Å². The lowest BCUT2D eigenvalue weighted by molar-refractivity contribution is -0.113. The molecular formula is C21H24N4O3S3. The van der Waals surface area contributed by atoms with E-state index in [0.717, 1.165) is 53.6 Å². The number of aromatic nitrogens is 3. The van der Waals surface area contributed by atoms with Crippen molar-refractivity contribution in [2.45, 2.75) is 51.2 Å². The van der Waals surface area contributed by atoms with E-state index in [1.54, 1.807) is 18.3 Å². The van der Waals surface area contributed by atoms with Crippen LogP contribution in [-0.2, 0) is 28.9 Å². The molecule has 0 saturated carbocycles. The molecule has 0 aromatic carbocycles. The number of esters is 1. The first-order chi connectivity index (χ1) is 15.1. The van der Waals surface area contributed by atoms with Crippen LogP contribution >= 0.6 is 34.4 Å². The lowest BCUT2D eigenvalue weighted by atomic mass is 10.1. The Morgan fingerprint density at radius 2 is 2.16 bits per heavy atom. The second-order valence-electron chi connectivity index (χ2n) is 7.05. The fourth-order valence-corrected chi connectivity index (χ4v) is 6.39. The first-order valence-electron chi connectivity index (χ1n) is 10.3. The molecule has 0 aliphatic heterocycles. The third-order valence-electron chi connectivity index (χ3n) is 4.89. The molecule has 1 aliphatic carbocycles. The first kappa shape index (κ1) is 22.0. The largest absolute Gasteiger partial charge is 0.462 e. The van der Waals surface area contributed by atoms with Crippen molar-refractivity contribution in [3.05, 3.63) is 33.5 Å². The normalized spacial score (nSPS) is 12.7. The SMILES string of the molecule is CCCn1c(SCC(=O)Nc2sc3c(c2C(=O)OCC)CCC3)nnc1-c1cccs1. The summed E-state index contributed by atoms with van der Waals surface area (Å²) in [4.78, 5) is 27.4. The van der Waals surface area contributed by atoms with Crippen molar-refractivity contribution in [1.82, 2.24) is 14.8 Å². The number of amides is 1. The minimum absolute atomic E-state index is 0.167. The molecule has 1 aliphatic rings. The zero-order chi connectivity index (χ0) is 21.8. The van der Waals surface area contributed by atoms with Gasteiger partial charge in [-0.05, 0) is 49.6 Å². The van der Waals surface area contributed by atoms with Gasteiger partial charge >= 0.3 is 5.97 Å². The number of rotatable bonds is 9. The van der Waals surface area contributed by atoms with Crippen LogP contribution in [0.15, 0.2) is 22.7 Å². The number of anilines is 1. The van der Waals surface area contributed by atoms with Gasteiger partial charge in [-0.25, -0.2) is 4.79 Å². The number of thiophene rings is 2. The third-order valence-corrected chi connectivity index (χ3v) is 7.93. The Morgan fingerprint density at radius 3 is 2.90 bits per heavy atom.